The highest BCUT2D eigenvalue weighted by Crippen LogP contribution is 2.28. The molecule has 1 aromatic heterocycles. The molecule has 1 heterocycles. The first-order valence-corrected chi connectivity index (χ1v) is 5.89. The Morgan fingerprint density at radius 3 is 2.56 bits per heavy atom. The molecule has 0 atom stereocenters. The minimum atomic E-state index is 0.664. The number of ether oxygens (including phenoxy) is 1. The fourth-order valence-corrected chi connectivity index (χ4v) is 1.61. The molecule has 18 heavy (non-hydrogen) atoms. The van der Waals surface area contributed by atoms with E-state index in [-0.39, 0.29) is 0 Å². The Hall–Kier alpha value is -1.94. The molecule has 0 aliphatic carbocycles. The van der Waals surface area contributed by atoms with E-state index < -0.39 is 0 Å². The minimum absolute atomic E-state index is 0.664. The fourth-order valence-electron chi connectivity index (χ4n) is 1.61. The first kappa shape index (κ1) is 12.5. The zero-order valence-corrected chi connectivity index (χ0v) is 10.7. The van der Waals surface area contributed by atoms with Crippen LogP contribution >= 0.6 is 0 Å². The second-order valence-electron chi connectivity index (χ2n) is 4.28. The number of rotatable bonds is 5. The fraction of sp³-hybridized carbons (Fsp3) is 0.286. The molecule has 2 rings (SSSR count). The molecule has 0 saturated heterocycles. The molecule has 0 radical (unpaired) electrons. The van der Waals surface area contributed by atoms with Crippen LogP contribution in [0.25, 0.3) is 11.1 Å². The lowest BCUT2D eigenvalue weighted by Crippen LogP contribution is -2.19. The van der Waals surface area contributed by atoms with Gasteiger partial charge in [-0.25, -0.2) is 9.97 Å². The van der Waals surface area contributed by atoms with Crippen molar-refractivity contribution in [1.82, 2.24) is 14.9 Å². The van der Waals surface area contributed by atoms with Crippen molar-refractivity contribution < 1.29 is 4.74 Å². The van der Waals surface area contributed by atoms with Gasteiger partial charge in [0.2, 0.25) is 0 Å². The third-order valence-electron chi connectivity index (χ3n) is 2.55. The van der Waals surface area contributed by atoms with E-state index >= 15 is 0 Å². The van der Waals surface area contributed by atoms with Crippen molar-refractivity contribution in [3.05, 3.63) is 43.0 Å². The average Bonchev–Trinajstić information content (AvgIpc) is 2.40. The summed E-state index contributed by atoms with van der Waals surface area (Å²) in [4.78, 5) is 10.2. The molecule has 0 aliphatic heterocycles. The van der Waals surface area contributed by atoms with Crippen molar-refractivity contribution in [2.75, 3.05) is 27.2 Å². The van der Waals surface area contributed by atoms with Crippen molar-refractivity contribution >= 4 is 0 Å². The molecule has 2 aromatic rings. The molecule has 4 nitrogen and oxygen atoms in total. The Kier molecular flexibility index (Phi) is 4.25. The smallest absolute Gasteiger partial charge is 0.127 e. The van der Waals surface area contributed by atoms with Gasteiger partial charge in [-0.05, 0) is 20.2 Å². The number of nitrogens with zero attached hydrogens (tertiary/aromatic N) is 3. The summed E-state index contributed by atoms with van der Waals surface area (Å²) in [5, 5.41) is 0. The van der Waals surface area contributed by atoms with Gasteiger partial charge in [0.1, 0.15) is 18.7 Å². The Bertz CT molecular complexity index is 485. The maximum atomic E-state index is 5.81. The van der Waals surface area contributed by atoms with Gasteiger partial charge in [-0.15, -0.1) is 0 Å². The molecular formula is C14H17N3O. The van der Waals surface area contributed by atoms with Gasteiger partial charge in [0, 0.05) is 30.1 Å². The molecule has 0 bridgehead atoms. The second kappa shape index (κ2) is 6.12. The van der Waals surface area contributed by atoms with Crippen LogP contribution in [0, 0.1) is 0 Å². The quantitative estimate of drug-likeness (QED) is 0.806. The highest BCUT2D eigenvalue weighted by Gasteiger charge is 2.05. The number of para-hydroxylation sites is 1. The standard InChI is InChI=1S/C14H17N3O/c1-17(2)7-8-18-14-6-4-3-5-13(14)12-9-15-11-16-10-12/h3-6,9-11H,7-8H2,1-2H3. The van der Waals surface area contributed by atoms with Crippen LogP contribution in [0.2, 0.25) is 0 Å². The van der Waals surface area contributed by atoms with E-state index in [9.17, 15) is 0 Å². The van der Waals surface area contributed by atoms with Crippen molar-refractivity contribution in [3.63, 3.8) is 0 Å². The lowest BCUT2D eigenvalue weighted by molar-refractivity contribution is 0.262. The van der Waals surface area contributed by atoms with Gasteiger partial charge in [0.05, 0.1) is 0 Å². The predicted octanol–water partition coefficient (Wildman–Crippen LogP) is 2.08. The topological polar surface area (TPSA) is 38.2 Å². The van der Waals surface area contributed by atoms with Crippen molar-refractivity contribution in [2.24, 2.45) is 0 Å². The van der Waals surface area contributed by atoms with Crippen LogP contribution in [0.1, 0.15) is 0 Å². The molecule has 4 heteroatoms. The molecule has 0 N–H and O–H groups in total. The zero-order valence-electron chi connectivity index (χ0n) is 10.7. The Morgan fingerprint density at radius 1 is 1.11 bits per heavy atom. The van der Waals surface area contributed by atoms with E-state index in [0.717, 1.165) is 23.4 Å². The summed E-state index contributed by atoms with van der Waals surface area (Å²) in [6.45, 7) is 1.55. The Labute approximate surface area is 107 Å². The second-order valence-corrected chi connectivity index (χ2v) is 4.28. The highest BCUT2D eigenvalue weighted by molar-refractivity contribution is 5.68. The largest absolute Gasteiger partial charge is 0.492 e. The zero-order chi connectivity index (χ0) is 12.8. The minimum Gasteiger partial charge on any atom is -0.492 e. The molecule has 0 unspecified atom stereocenters. The SMILES string of the molecule is CN(C)CCOc1ccccc1-c1cncnc1. The summed E-state index contributed by atoms with van der Waals surface area (Å²) >= 11 is 0. The van der Waals surface area contributed by atoms with Gasteiger partial charge in [0.15, 0.2) is 0 Å². The van der Waals surface area contributed by atoms with Gasteiger partial charge >= 0.3 is 0 Å². The number of aromatic nitrogens is 2. The molecule has 0 amide bonds. The molecular weight excluding hydrogens is 226 g/mol. The summed E-state index contributed by atoms with van der Waals surface area (Å²) in [6, 6.07) is 7.95. The molecule has 0 spiro atoms. The van der Waals surface area contributed by atoms with Crippen LogP contribution in [-0.2, 0) is 0 Å². The van der Waals surface area contributed by atoms with Crippen LogP contribution in [0.4, 0.5) is 0 Å². The summed E-state index contributed by atoms with van der Waals surface area (Å²) in [7, 11) is 4.06. The predicted molar refractivity (Wildman–Crippen MR) is 71.5 cm³/mol. The van der Waals surface area contributed by atoms with Crippen LogP contribution in [0.15, 0.2) is 43.0 Å². The third kappa shape index (κ3) is 3.28. The Morgan fingerprint density at radius 2 is 1.83 bits per heavy atom. The summed E-state index contributed by atoms with van der Waals surface area (Å²) in [5.74, 6) is 0.870. The van der Waals surface area contributed by atoms with E-state index in [1.54, 1.807) is 12.4 Å². The van der Waals surface area contributed by atoms with Crippen LogP contribution in [-0.4, -0.2) is 42.1 Å². The molecule has 0 saturated carbocycles. The van der Waals surface area contributed by atoms with E-state index in [1.165, 1.54) is 6.33 Å². The first-order valence-electron chi connectivity index (χ1n) is 5.89. The molecule has 0 aliphatic rings. The lowest BCUT2D eigenvalue weighted by Gasteiger charge is -2.13. The first-order chi connectivity index (χ1) is 8.77. The van der Waals surface area contributed by atoms with E-state index in [4.69, 9.17) is 4.74 Å². The van der Waals surface area contributed by atoms with Gasteiger partial charge in [-0.1, -0.05) is 18.2 Å². The van der Waals surface area contributed by atoms with E-state index in [2.05, 4.69) is 14.9 Å². The van der Waals surface area contributed by atoms with Crippen LogP contribution < -0.4 is 4.74 Å². The van der Waals surface area contributed by atoms with Crippen molar-refractivity contribution in [2.45, 2.75) is 0 Å². The Balaban J connectivity index is 2.16. The lowest BCUT2D eigenvalue weighted by atomic mass is 10.1. The van der Waals surface area contributed by atoms with Crippen LogP contribution in [0.3, 0.4) is 0 Å². The molecule has 0 fully saturated rings. The van der Waals surface area contributed by atoms with Crippen molar-refractivity contribution in [1.29, 1.82) is 0 Å². The summed E-state index contributed by atoms with van der Waals surface area (Å²) < 4.78 is 5.81. The average molecular weight is 243 g/mol. The highest BCUT2D eigenvalue weighted by atomic mass is 16.5. The summed E-state index contributed by atoms with van der Waals surface area (Å²) in [5.41, 5.74) is 2.00. The van der Waals surface area contributed by atoms with Crippen molar-refractivity contribution in [3.8, 4) is 16.9 Å². The summed E-state index contributed by atoms with van der Waals surface area (Å²) in [6.07, 6.45) is 5.11. The van der Waals surface area contributed by atoms with Gasteiger partial charge in [0.25, 0.3) is 0 Å². The van der Waals surface area contributed by atoms with Gasteiger partial charge in [-0.3, -0.25) is 0 Å². The van der Waals surface area contributed by atoms with E-state index in [1.807, 2.05) is 38.4 Å². The van der Waals surface area contributed by atoms with Crippen LogP contribution in [0.5, 0.6) is 5.75 Å². The molecule has 1 aromatic carbocycles. The maximum absolute atomic E-state index is 5.81. The number of likely N-dealkylation sites (N-methyl/N-ethyl adjacent to an activating group) is 1. The monoisotopic (exact) mass is 243 g/mol. The number of hydrogen-bond donors (Lipinski definition) is 0. The number of benzene rings is 1. The van der Waals surface area contributed by atoms with E-state index in [0.29, 0.717) is 6.61 Å². The number of hydrogen-bond acceptors (Lipinski definition) is 4. The third-order valence-corrected chi connectivity index (χ3v) is 2.55. The van der Waals surface area contributed by atoms with Gasteiger partial charge in [-0.2, -0.15) is 0 Å². The normalized spacial score (nSPS) is 10.6. The molecule has 94 valence electrons. The van der Waals surface area contributed by atoms with Gasteiger partial charge < -0.3 is 9.64 Å². The maximum Gasteiger partial charge on any atom is 0.127 e.